The first-order valence-electron chi connectivity index (χ1n) is 5.16. The average molecular weight is 204 g/mol. The minimum absolute atomic E-state index is 0.291. The van der Waals surface area contributed by atoms with E-state index in [1.54, 1.807) is 6.20 Å². The summed E-state index contributed by atoms with van der Waals surface area (Å²) in [5.74, 6) is 1.12. The predicted molar refractivity (Wildman–Crippen MR) is 59.3 cm³/mol. The molecule has 0 fully saturated rings. The van der Waals surface area contributed by atoms with Gasteiger partial charge in [0.2, 0.25) is 0 Å². The van der Waals surface area contributed by atoms with E-state index < -0.39 is 0 Å². The molecule has 1 aromatic heterocycles. The van der Waals surface area contributed by atoms with Crippen molar-refractivity contribution in [3.05, 3.63) is 18.1 Å². The number of nitrogens with zero attached hydrogens (tertiary/aromatic N) is 3. The van der Waals surface area contributed by atoms with Crippen LogP contribution in [0, 0.1) is 17.2 Å². The highest BCUT2D eigenvalue weighted by molar-refractivity contribution is 5.47. The lowest BCUT2D eigenvalue weighted by molar-refractivity contribution is 0.493. The second-order valence-electron chi connectivity index (χ2n) is 3.68. The summed E-state index contributed by atoms with van der Waals surface area (Å²) >= 11 is 0. The second kappa shape index (κ2) is 5.30. The Morgan fingerprint density at radius 3 is 2.67 bits per heavy atom. The number of nitrogens with one attached hydrogen (secondary N) is 1. The molecule has 0 unspecified atom stereocenters. The van der Waals surface area contributed by atoms with Gasteiger partial charge in [0.1, 0.15) is 6.07 Å². The van der Waals surface area contributed by atoms with Crippen LogP contribution in [0.1, 0.15) is 32.9 Å². The largest absolute Gasteiger partial charge is 0.365 e. The molecule has 1 aromatic rings. The van der Waals surface area contributed by atoms with E-state index in [0.717, 1.165) is 6.42 Å². The van der Waals surface area contributed by atoms with Gasteiger partial charge in [0.15, 0.2) is 11.5 Å². The van der Waals surface area contributed by atoms with Gasteiger partial charge < -0.3 is 5.32 Å². The SMILES string of the molecule is CC[C@H](C)[C@H](C)Nc1nccnc1C#N. The Morgan fingerprint density at radius 1 is 1.40 bits per heavy atom. The molecule has 80 valence electrons. The fourth-order valence-electron chi connectivity index (χ4n) is 1.24. The van der Waals surface area contributed by atoms with Crippen LogP contribution in [0.5, 0.6) is 0 Å². The zero-order valence-electron chi connectivity index (χ0n) is 9.36. The predicted octanol–water partition coefficient (Wildman–Crippen LogP) is 2.19. The highest BCUT2D eigenvalue weighted by Gasteiger charge is 2.12. The summed E-state index contributed by atoms with van der Waals surface area (Å²) in [6.45, 7) is 6.40. The molecule has 0 radical (unpaired) electrons. The Kier molecular flexibility index (Phi) is 4.04. The summed E-state index contributed by atoms with van der Waals surface area (Å²) in [6, 6.07) is 2.31. The monoisotopic (exact) mass is 204 g/mol. The van der Waals surface area contributed by atoms with Crippen molar-refractivity contribution in [3.63, 3.8) is 0 Å². The quantitative estimate of drug-likeness (QED) is 0.816. The van der Waals surface area contributed by atoms with E-state index in [0.29, 0.717) is 23.5 Å². The summed E-state index contributed by atoms with van der Waals surface area (Å²) in [4.78, 5) is 8.06. The third-order valence-electron chi connectivity index (χ3n) is 2.67. The second-order valence-corrected chi connectivity index (χ2v) is 3.68. The van der Waals surface area contributed by atoms with Gasteiger partial charge in [0.25, 0.3) is 0 Å². The van der Waals surface area contributed by atoms with Crippen molar-refractivity contribution < 1.29 is 0 Å². The summed E-state index contributed by atoms with van der Waals surface area (Å²) in [6.07, 6.45) is 4.21. The highest BCUT2D eigenvalue weighted by atomic mass is 15.0. The maximum Gasteiger partial charge on any atom is 0.182 e. The maximum atomic E-state index is 8.83. The number of hydrogen-bond donors (Lipinski definition) is 1. The van der Waals surface area contributed by atoms with Gasteiger partial charge in [-0.3, -0.25) is 0 Å². The molecule has 0 aliphatic heterocycles. The molecule has 0 saturated heterocycles. The molecule has 0 amide bonds. The molecule has 1 heterocycles. The fraction of sp³-hybridized carbons (Fsp3) is 0.545. The minimum Gasteiger partial charge on any atom is -0.365 e. The number of anilines is 1. The van der Waals surface area contributed by atoms with E-state index in [1.165, 1.54) is 6.20 Å². The lowest BCUT2D eigenvalue weighted by atomic mass is 10.0. The number of hydrogen-bond acceptors (Lipinski definition) is 4. The normalized spacial score (nSPS) is 14.0. The van der Waals surface area contributed by atoms with Gasteiger partial charge in [0, 0.05) is 18.4 Å². The molecule has 4 nitrogen and oxygen atoms in total. The van der Waals surface area contributed by atoms with Gasteiger partial charge >= 0.3 is 0 Å². The third kappa shape index (κ3) is 2.91. The van der Waals surface area contributed by atoms with Gasteiger partial charge in [-0.1, -0.05) is 20.3 Å². The van der Waals surface area contributed by atoms with E-state index in [4.69, 9.17) is 5.26 Å². The van der Waals surface area contributed by atoms with E-state index in [2.05, 4.69) is 36.1 Å². The van der Waals surface area contributed by atoms with Crippen molar-refractivity contribution in [2.24, 2.45) is 5.92 Å². The van der Waals surface area contributed by atoms with E-state index in [1.807, 2.05) is 6.07 Å². The van der Waals surface area contributed by atoms with Gasteiger partial charge in [-0.05, 0) is 12.8 Å². The molecule has 4 heteroatoms. The standard InChI is InChI=1S/C11H16N4/c1-4-8(2)9(3)15-11-10(7-12)13-5-6-14-11/h5-6,8-9H,4H2,1-3H3,(H,14,15)/t8-,9-/m0/s1. The van der Waals surface area contributed by atoms with Crippen LogP contribution in [0.4, 0.5) is 5.82 Å². The maximum absolute atomic E-state index is 8.83. The Labute approximate surface area is 90.4 Å². The van der Waals surface area contributed by atoms with Crippen molar-refractivity contribution in [3.8, 4) is 6.07 Å². The van der Waals surface area contributed by atoms with Gasteiger partial charge in [-0.25, -0.2) is 9.97 Å². The minimum atomic E-state index is 0.291. The van der Waals surface area contributed by atoms with Crippen molar-refractivity contribution in [1.82, 2.24) is 9.97 Å². The van der Waals surface area contributed by atoms with Crippen LogP contribution in [0.2, 0.25) is 0 Å². The Balaban J connectivity index is 2.77. The number of aromatic nitrogens is 2. The average Bonchev–Trinajstić information content (AvgIpc) is 2.28. The van der Waals surface area contributed by atoms with Crippen molar-refractivity contribution in [1.29, 1.82) is 5.26 Å². The zero-order chi connectivity index (χ0) is 11.3. The molecular weight excluding hydrogens is 188 g/mol. The molecule has 0 aliphatic carbocycles. The summed E-state index contributed by atoms with van der Waals surface area (Å²) in [5, 5.41) is 12.1. The highest BCUT2D eigenvalue weighted by Crippen LogP contribution is 2.14. The van der Waals surface area contributed by atoms with Crippen LogP contribution in [-0.4, -0.2) is 16.0 Å². The zero-order valence-corrected chi connectivity index (χ0v) is 9.36. The van der Waals surface area contributed by atoms with Gasteiger partial charge in [-0.2, -0.15) is 5.26 Å². The first-order valence-corrected chi connectivity index (χ1v) is 5.16. The number of rotatable bonds is 4. The van der Waals surface area contributed by atoms with E-state index in [9.17, 15) is 0 Å². The van der Waals surface area contributed by atoms with Gasteiger partial charge in [-0.15, -0.1) is 0 Å². The molecule has 1 N–H and O–H groups in total. The molecule has 2 atom stereocenters. The van der Waals surface area contributed by atoms with Crippen LogP contribution < -0.4 is 5.32 Å². The lowest BCUT2D eigenvalue weighted by Crippen LogP contribution is -2.24. The topological polar surface area (TPSA) is 61.6 Å². The van der Waals surface area contributed by atoms with Crippen LogP contribution in [0.25, 0.3) is 0 Å². The van der Waals surface area contributed by atoms with Crippen molar-refractivity contribution in [2.75, 3.05) is 5.32 Å². The summed E-state index contributed by atoms with van der Waals surface area (Å²) in [5.41, 5.74) is 0.354. The molecule has 15 heavy (non-hydrogen) atoms. The Bertz CT molecular complexity index is 356. The molecule has 1 rings (SSSR count). The first-order chi connectivity index (χ1) is 7.19. The molecule has 0 saturated carbocycles. The van der Waals surface area contributed by atoms with Crippen molar-refractivity contribution >= 4 is 5.82 Å². The van der Waals surface area contributed by atoms with E-state index in [-0.39, 0.29) is 0 Å². The van der Waals surface area contributed by atoms with Gasteiger partial charge in [0.05, 0.1) is 0 Å². The Morgan fingerprint density at radius 2 is 2.07 bits per heavy atom. The summed E-state index contributed by atoms with van der Waals surface area (Å²) in [7, 11) is 0. The van der Waals surface area contributed by atoms with Crippen LogP contribution in [0.3, 0.4) is 0 Å². The van der Waals surface area contributed by atoms with Crippen LogP contribution >= 0.6 is 0 Å². The Hall–Kier alpha value is -1.63. The molecule has 0 bridgehead atoms. The molecule has 0 aromatic carbocycles. The third-order valence-corrected chi connectivity index (χ3v) is 2.67. The molecular formula is C11H16N4. The van der Waals surface area contributed by atoms with E-state index >= 15 is 0 Å². The summed E-state index contributed by atoms with van der Waals surface area (Å²) < 4.78 is 0. The molecule has 0 aliphatic rings. The smallest absolute Gasteiger partial charge is 0.182 e. The van der Waals surface area contributed by atoms with Crippen LogP contribution in [-0.2, 0) is 0 Å². The first kappa shape index (κ1) is 11.4. The lowest BCUT2D eigenvalue weighted by Gasteiger charge is -2.20. The van der Waals surface area contributed by atoms with Crippen LogP contribution in [0.15, 0.2) is 12.4 Å². The van der Waals surface area contributed by atoms with Crippen molar-refractivity contribution in [2.45, 2.75) is 33.2 Å². The number of nitriles is 1. The molecule has 0 spiro atoms. The fourth-order valence-corrected chi connectivity index (χ4v) is 1.24.